The van der Waals surface area contributed by atoms with Crippen LogP contribution in [0.3, 0.4) is 0 Å². The van der Waals surface area contributed by atoms with Crippen LogP contribution in [0.2, 0.25) is 10.0 Å². The second-order valence-corrected chi connectivity index (χ2v) is 5.26. The number of nitrogens with zero attached hydrogens (tertiary/aromatic N) is 2. The minimum absolute atomic E-state index is 0.234. The monoisotopic (exact) mass is 324 g/mol. The third kappa shape index (κ3) is 2.26. The van der Waals surface area contributed by atoms with Crippen molar-refractivity contribution in [1.82, 2.24) is 19.5 Å². The van der Waals surface area contributed by atoms with E-state index in [2.05, 4.69) is 15.0 Å². The molecule has 1 aromatic carbocycles. The lowest BCUT2D eigenvalue weighted by Gasteiger charge is -2.00. The molecule has 0 atom stereocenters. The van der Waals surface area contributed by atoms with E-state index in [0.717, 1.165) is 0 Å². The van der Waals surface area contributed by atoms with Crippen molar-refractivity contribution < 1.29 is 0 Å². The van der Waals surface area contributed by atoms with Gasteiger partial charge >= 0.3 is 5.69 Å². The van der Waals surface area contributed by atoms with Crippen LogP contribution in [-0.4, -0.2) is 19.5 Å². The molecule has 0 radical (unpaired) electrons. The minimum atomic E-state index is -0.511. The summed E-state index contributed by atoms with van der Waals surface area (Å²) in [7, 11) is 0. The Kier molecular flexibility index (Phi) is 3.35. The Morgan fingerprint density at radius 2 is 2.00 bits per heavy atom. The second kappa shape index (κ2) is 5.05. The number of aryl methyl sites for hydroxylation is 1. The van der Waals surface area contributed by atoms with E-state index in [4.69, 9.17) is 23.2 Å². The molecule has 2 N–H and O–H groups in total. The first-order valence-corrected chi connectivity index (χ1v) is 6.95. The van der Waals surface area contributed by atoms with Gasteiger partial charge in [-0.2, -0.15) is 0 Å². The highest BCUT2D eigenvalue weighted by Crippen LogP contribution is 2.29. The Hall–Kier alpha value is -2.05. The second-order valence-electron chi connectivity index (χ2n) is 4.41. The van der Waals surface area contributed by atoms with Gasteiger partial charge in [-0.25, -0.2) is 9.78 Å². The molecule has 0 fully saturated rings. The predicted molar refractivity (Wildman–Crippen MR) is 82.1 cm³/mol. The van der Waals surface area contributed by atoms with Crippen LogP contribution >= 0.6 is 23.2 Å². The van der Waals surface area contributed by atoms with Crippen molar-refractivity contribution in [1.29, 1.82) is 0 Å². The standard InChI is InChI=1S/C13H10Cl2N4O2/c1-2-19-11-9(12(20)18-13(19)21)16-10(17-11)7-4-3-6(14)5-8(7)15/h3-5H,2H2,1H3,(H,16,17)(H,18,20,21). The molecular weight excluding hydrogens is 315 g/mol. The van der Waals surface area contributed by atoms with E-state index in [1.54, 1.807) is 25.1 Å². The number of imidazole rings is 1. The van der Waals surface area contributed by atoms with Gasteiger partial charge in [0.2, 0.25) is 0 Å². The van der Waals surface area contributed by atoms with E-state index in [1.807, 2.05) is 0 Å². The number of benzene rings is 1. The topological polar surface area (TPSA) is 83.5 Å². The molecular formula is C13H10Cl2N4O2. The maximum atomic E-state index is 11.9. The van der Waals surface area contributed by atoms with Gasteiger partial charge in [-0.1, -0.05) is 23.2 Å². The summed E-state index contributed by atoms with van der Waals surface area (Å²) in [6.07, 6.45) is 0. The normalized spacial score (nSPS) is 11.2. The number of halogens is 2. The Bertz CT molecular complexity index is 955. The number of H-pyrrole nitrogens is 2. The zero-order chi connectivity index (χ0) is 15.1. The number of aromatic amines is 2. The van der Waals surface area contributed by atoms with E-state index in [-0.39, 0.29) is 5.52 Å². The number of fused-ring (bicyclic) bond motifs is 1. The molecule has 3 aromatic rings. The van der Waals surface area contributed by atoms with Crippen molar-refractivity contribution in [2.24, 2.45) is 0 Å². The van der Waals surface area contributed by atoms with Crippen LogP contribution in [0.1, 0.15) is 6.92 Å². The number of rotatable bonds is 2. The SMILES string of the molecule is CCn1c(=O)[nH]c(=O)c2[nH]c(-c3ccc(Cl)cc3Cl)nc21. The number of aromatic nitrogens is 4. The highest BCUT2D eigenvalue weighted by atomic mass is 35.5. The van der Waals surface area contributed by atoms with Crippen molar-refractivity contribution in [2.75, 3.05) is 0 Å². The van der Waals surface area contributed by atoms with E-state index in [9.17, 15) is 9.59 Å². The van der Waals surface area contributed by atoms with Gasteiger partial charge in [0.15, 0.2) is 5.65 Å². The lowest BCUT2D eigenvalue weighted by atomic mass is 10.2. The van der Waals surface area contributed by atoms with Gasteiger partial charge in [0.05, 0.1) is 5.02 Å². The van der Waals surface area contributed by atoms with Crippen LogP contribution in [0.15, 0.2) is 27.8 Å². The predicted octanol–water partition coefficient (Wildman–Crippen LogP) is 2.41. The summed E-state index contributed by atoms with van der Waals surface area (Å²) in [6, 6.07) is 4.96. The molecule has 0 aliphatic rings. The zero-order valence-electron chi connectivity index (χ0n) is 10.9. The van der Waals surface area contributed by atoms with Gasteiger partial charge in [0.1, 0.15) is 11.3 Å². The van der Waals surface area contributed by atoms with E-state index in [1.165, 1.54) is 4.57 Å². The first-order chi connectivity index (χ1) is 10.0. The summed E-state index contributed by atoms with van der Waals surface area (Å²) in [4.78, 5) is 33.1. The number of hydrogen-bond acceptors (Lipinski definition) is 3. The van der Waals surface area contributed by atoms with Crippen LogP contribution in [0, 0.1) is 0 Å². The molecule has 0 spiro atoms. The third-order valence-electron chi connectivity index (χ3n) is 3.14. The Morgan fingerprint density at radius 3 is 2.67 bits per heavy atom. The fourth-order valence-corrected chi connectivity index (χ4v) is 2.64. The Balaban J connectivity index is 2.33. The zero-order valence-corrected chi connectivity index (χ0v) is 12.4. The fraction of sp³-hybridized carbons (Fsp3) is 0.154. The summed E-state index contributed by atoms with van der Waals surface area (Å²) >= 11 is 12.0. The molecule has 0 saturated carbocycles. The highest BCUT2D eigenvalue weighted by Gasteiger charge is 2.14. The molecule has 6 nitrogen and oxygen atoms in total. The summed E-state index contributed by atoms with van der Waals surface area (Å²) in [6.45, 7) is 2.19. The quantitative estimate of drug-likeness (QED) is 0.759. The van der Waals surface area contributed by atoms with Crippen LogP contribution in [0.5, 0.6) is 0 Å². The lowest BCUT2D eigenvalue weighted by Crippen LogP contribution is -2.29. The smallest absolute Gasteiger partial charge is 0.330 e. The van der Waals surface area contributed by atoms with Crippen LogP contribution in [-0.2, 0) is 6.54 Å². The third-order valence-corrected chi connectivity index (χ3v) is 3.68. The van der Waals surface area contributed by atoms with Crippen molar-refractivity contribution in [3.8, 4) is 11.4 Å². The summed E-state index contributed by atoms with van der Waals surface area (Å²) in [5.74, 6) is 0.407. The van der Waals surface area contributed by atoms with Gasteiger partial charge in [-0.15, -0.1) is 0 Å². The van der Waals surface area contributed by atoms with Crippen molar-refractivity contribution in [3.05, 3.63) is 49.1 Å². The molecule has 8 heteroatoms. The molecule has 21 heavy (non-hydrogen) atoms. The molecule has 0 aliphatic heterocycles. The van der Waals surface area contributed by atoms with Crippen molar-refractivity contribution in [3.63, 3.8) is 0 Å². The fourth-order valence-electron chi connectivity index (χ4n) is 2.14. The largest absolute Gasteiger partial charge is 0.332 e. The molecule has 0 unspecified atom stereocenters. The molecule has 108 valence electrons. The molecule has 0 saturated heterocycles. The number of nitrogens with one attached hydrogen (secondary N) is 2. The van der Waals surface area contributed by atoms with Crippen LogP contribution in [0.25, 0.3) is 22.6 Å². The maximum Gasteiger partial charge on any atom is 0.330 e. The average molecular weight is 325 g/mol. The molecule has 0 amide bonds. The lowest BCUT2D eigenvalue weighted by molar-refractivity contribution is 0.720. The molecule has 0 aliphatic carbocycles. The van der Waals surface area contributed by atoms with E-state index in [0.29, 0.717) is 33.6 Å². The first-order valence-electron chi connectivity index (χ1n) is 6.19. The molecule has 3 rings (SSSR count). The van der Waals surface area contributed by atoms with Gasteiger partial charge < -0.3 is 4.98 Å². The van der Waals surface area contributed by atoms with E-state index >= 15 is 0 Å². The van der Waals surface area contributed by atoms with Gasteiger partial charge in [-0.05, 0) is 25.1 Å². The van der Waals surface area contributed by atoms with Gasteiger partial charge in [0, 0.05) is 17.1 Å². The van der Waals surface area contributed by atoms with Crippen molar-refractivity contribution in [2.45, 2.75) is 13.5 Å². The Morgan fingerprint density at radius 1 is 1.24 bits per heavy atom. The first kappa shape index (κ1) is 13.9. The summed E-state index contributed by atoms with van der Waals surface area (Å²) in [5.41, 5.74) is 0.135. The number of hydrogen-bond donors (Lipinski definition) is 2. The summed E-state index contributed by atoms with van der Waals surface area (Å²) in [5, 5.41) is 0.909. The van der Waals surface area contributed by atoms with Gasteiger partial charge in [0.25, 0.3) is 5.56 Å². The van der Waals surface area contributed by atoms with Crippen LogP contribution in [0.4, 0.5) is 0 Å². The molecule has 0 bridgehead atoms. The van der Waals surface area contributed by atoms with Crippen molar-refractivity contribution >= 4 is 34.4 Å². The minimum Gasteiger partial charge on any atom is -0.332 e. The molecule has 2 aromatic heterocycles. The Labute approximate surface area is 128 Å². The maximum absolute atomic E-state index is 11.9. The van der Waals surface area contributed by atoms with Gasteiger partial charge in [-0.3, -0.25) is 14.3 Å². The van der Waals surface area contributed by atoms with Crippen LogP contribution < -0.4 is 11.2 Å². The summed E-state index contributed by atoms with van der Waals surface area (Å²) < 4.78 is 1.38. The highest BCUT2D eigenvalue weighted by molar-refractivity contribution is 6.36. The van der Waals surface area contributed by atoms with E-state index < -0.39 is 11.2 Å². The average Bonchev–Trinajstić information content (AvgIpc) is 2.84. The molecule has 2 heterocycles.